The van der Waals surface area contributed by atoms with E-state index in [2.05, 4.69) is 30.6 Å². The molecule has 1 saturated heterocycles. The fraction of sp³-hybridized carbons (Fsp3) is 0.929. The molecule has 0 saturated carbocycles. The Morgan fingerprint density at radius 2 is 2.11 bits per heavy atom. The molecular weight excluding hydrogens is 242 g/mol. The van der Waals surface area contributed by atoms with Gasteiger partial charge in [-0.05, 0) is 39.8 Å². The van der Waals surface area contributed by atoms with Crippen LogP contribution in [0.2, 0.25) is 0 Å². The fourth-order valence-corrected chi connectivity index (χ4v) is 3.04. The van der Waals surface area contributed by atoms with E-state index >= 15 is 0 Å². The van der Waals surface area contributed by atoms with Gasteiger partial charge in [-0.1, -0.05) is 13.8 Å². The number of carboxylic acids is 1. The summed E-state index contributed by atoms with van der Waals surface area (Å²) in [6.07, 6.45) is 1.66. The molecule has 0 bridgehead atoms. The summed E-state index contributed by atoms with van der Waals surface area (Å²) in [6, 6.07) is 0.818. The van der Waals surface area contributed by atoms with Gasteiger partial charge in [0.2, 0.25) is 0 Å². The van der Waals surface area contributed by atoms with Crippen molar-refractivity contribution in [2.45, 2.75) is 58.2 Å². The molecule has 3 atom stereocenters. The summed E-state index contributed by atoms with van der Waals surface area (Å²) in [4.78, 5) is 15.9. The number of likely N-dealkylation sites (N-methyl/N-ethyl adjacent to an activating group) is 1. The number of aliphatic carboxylic acids is 1. The Labute approximate surface area is 116 Å². The van der Waals surface area contributed by atoms with Crippen molar-refractivity contribution in [1.82, 2.24) is 9.80 Å². The van der Waals surface area contributed by atoms with E-state index in [9.17, 15) is 4.79 Å². The summed E-state index contributed by atoms with van der Waals surface area (Å²) in [7, 11) is 0. The Balaban J connectivity index is 2.52. The molecule has 5 nitrogen and oxygen atoms in total. The lowest BCUT2D eigenvalue weighted by atomic mass is 9.94. The molecular formula is C14H29N3O2. The quantitative estimate of drug-likeness (QED) is 0.722. The second-order valence-electron chi connectivity index (χ2n) is 5.93. The van der Waals surface area contributed by atoms with E-state index in [-0.39, 0.29) is 6.04 Å². The van der Waals surface area contributed by atoms with Gasteiger partial charge in [-0.2, -0.15) is 0 Å². The summed E-state index contributed by atoms with van der Waals surface area (Å²) < 4.78 is 0. The van der Waals surface area contributed by atoms with Crippen LogP contribution in [0.4, 0.5) is 0 Å². The minimum Gasteiger partial charge on any atom is -0.480 e. The molecule has 1 rings (SSSR count). The molecule has 0 radical (unpaired) electrons. The molecule has 5 heteroatoms. The highest BCUT2D eigenvalue weighted by atomic mass is 16.4. The van der Waals surface area contributed by atoms with Gasteiger partial charge in [-0.15, -0.1) is 0 Å². The van der Waals surface area contributed by atoms with Crippen LogP contribution < -0.4 is 5.73 Å². The van der Waals surface area contributed by atoms with E-state index < -0.39 is 11.5 Å². The zero-order chi connectivity index (χ0) is 14.6. The van der Waals surface area contributed by atoms with E-state index in [1.807, 2.05) is 0 Å². The van der Waals surface area contributed by atoms with Crippen LogP contribution >= 0.6 is 0 Å². The van der Waals surface area contributed by atoms with Gasteiger partial charge in [0.05, 0.1) is 0 Å². The average molecular weight is 271 g/mol. The van der Waals surface area contributed by atoms with Crippen LogP contribution in [-0.4, -0.2) is 64.7 Å². The van der Waals surface area contributed by atoms with E-state index in [0.717, 1.165) is 26.2 Å². The van der Waals surface area contributed by atoms with Crippen LogP contribution in [0.3, 0.4) is 0 Å². The molecule has 0 spiro atoms. The average Bonchev–Trinajstić information content (AvgIpc) is 2.79. The predicted octanol–water partition coefficient (Wildman–Crippen LogP) is 0.983. The third-order valence-corrected chi connectivity index (χ3v) is 4.35. The van der Waals surface area contributed by atoms with Crippen molar-refractivity contribution < 1.29 is 9.90 Å². The summed E-state index contributed by atoms with van der Waals surface area (Å²) in [5, 5.41) is 9.10. The van der Waals surface area contributed by atoms with Gasteiger partial charge in [0.25, 0.3) is 0 Å². The van der Waals surface area contributed by atoms with E-state index in [1.54, 1.807) is 6.92 Å². The number of carbonyl (C=O) groups is 1. The van der Waals surface area contributed by atoms with Gasteiger partial charge in [-0.3, -0.25) is 14.6 Å². The van der Waals surface area contributed by atoms with Gasteiger partial charge >= 0.3 is 5.97 Å². The van der Waals surface area contributed by atoms with Crippen LogP contribution in [0.5, 0.6) is 0 Å². The highest BCUT2D eigenvalue weighted by Gasteiger charge is 2.35. The van der Waals surface area contributed by atoms with Crippen molar-refractivity contribution in [3.8, 4) is 0 Å². The molecule has 1 aliphatic heterocycles. The maximum absolute atomic E-state index is 11.1. The summed E-state index contributed by atoms with van der Waals surface area (Å²) >= 11 is 0. The lowest BCUT2D eigenvalue weighted by Crippen LogP contribution is -2.50. The normalized spacial score (nSPS) is 25.5. The molecule has 0 amide bonds. The number of hydrogen-bond acceptors (Lipinski definition) is 4. The second-order valence-corrected chi connectivity index (χ2v) is 5.93. The fourth-order valence-electron chi connectivity index (χ4n) is 3.04. The first-order chi connectivity index (χ1) is 8.81. The van der Waals surface area contributed by atoms with Crippen molar-refractivity contribution in [2.75, 3.05) is 26.2 Å². The van der Waals surface area contributed by atoms with Gasteiger partial charge in [0, 0.05) is 25.2 Å². The van der Waals surface area contributed by atoms with Crippen LogP contribution in [0.25, 0.3) is 0 Å². The zero-order valence-corrected chi connectivity index (χ0v) is 12.7. The minimum absolute atomic E-state index is 0.215. The molecule has 0 aromatic heterocycles. The first-order valence-corrected chi connectivity index (χ1v) is 7.32. The second kappa shape index (κ2) is 6.68. The maximum atomic E-state index is 11.1. The van der Waals surface area contributed by atoms with Crippen molar-refractivity contribution >= 4 is 5.97 Å². The van der Waals surface area contributed by atoms with Gasteiger partial charge in [0.15, 0.2) is 0 Å². The number of nitrogens with zero attached hydrogens (tertiary/aromatic N) is 2. The first kappa shape index (κ1) is 16.4. The lowest BCUT2D eigenvalue weighted by Gasteiger charge is -2.31. The van der Waals surface area contributed by atoms with E-state index in [0.29, 0.717) is 12.5 Å². The topological polar surface area (TPSA) is 69.8 Å². The third-order valence-electron chi connectivity index (χ3n) is 4.35. The van der Waals surface area contributed by atoms with Crippen LogP contribution in [-0.2, 0) is 4.79 Å². The SMILES string of the molecule is CCN(CC)C1CCN(C(C)CC(C)(N)C(=O)O)C1. The molecule has 0 aromatic carbocycles. The summed E-state index contributed by atoms with van der Waals surface area (Å²) in [5.41, 5.74) is 4.71. The molecule has 3 N–H and O–H groups in total. The van der Waals surface area contributed by atoms with E-state index in [1.165, 1.54) is 6.42 Å². The van der Waals surface area contributed by atoms with Gasteiger partial charge in [0.1, 0.15) is 5.54 Å². The monoisotopic (exact) mass is 271 g/mol. The van der Waals surface area contributed by atoms with Crippen LogP contribution in [0.1, 0.15) is 40.5 Å². The van der Waals surface area contributed by atoms with Crippen LogP contribution in [0, 0.1) is 0 Å². The summed E-state index contributed by atoms with van der Waals surface area (Å²) in [5.74, 6) is -0.918. The molecule has 112 valence electrons. The highest BCUT2D eigenvalue weighted by Crippen LogP contribution is 2.22. The van der Waals surface area contributed by atoms with Crippen molar-refractivity contribution in [2.24, 2.45) is 5.73 Å². The molecule has 1 aliphatic rings. The highest BCUT2D eigenvalue weighted by molar-refractivity contribution is 5.77. The zero-order valence-electron chi connectivity index (χ0n) is 12.7. The standard InChI is InChI=1S/C14H29N3O2/c1-5-16(6-2)12-7-8-17(10-12)11(3)9-14(4,15)13(18)19/h11-12H,5-10,15H2,1-4H3,(H,18,19). The maximum Gasteiger partial charge on any atom is 0.323 e. The number of nitrogens with two attached hydrogens (primary N) is 1. The van der Waals surface area contributed by atoms with E-state index in [4.69, 9.17) is 10.8 Å². The Bertz CT molecular complexity index is 303. The molecule has 19 heavy (non-hydrogen) atoms. The molecule has 1 fully saturated rings. The number of likely N-dealkylation sites (tertiary alicyclic amines) is 1. The summed E-state index contributed by atoms with van der Waals surface area (Å²) in [6.45, 7) is 12.3. The number of rotatable bonds is 7. The van der Waals surface area contributed by atoms with Gasteiger partial charge in [-0.25, -0.2) is 0 Å². The molecule has 3 unspecified atom stereocenters. The number of carboxylic acid groups (broad SMARTS) is 1. The molecule has 1 heterocycles. The minimum atomic E-state index is -1.13. The Hall–Kier alpha value is -0.650. The lowest BCUT2D eigenvalue weighted by molar-refractivity contribution is -0.143. The molecule has 0 aromatic rings. The Kier molecular flexibility index (Phi) is 5.77. The van der Waals surface area contributed by atoms with Gasteiger partial charge < -0.3 is 10.8 Å². The predicted molar refractivity (Wildman–Crippen MR) is 77.2 cm³/mol. The number of hydrogen-bond donors (Lipinski definition) is 2. The third kappa shape index (κ3) is 4.16. The van der Waals surface area contributed by atoms with Crippen molar-refractivity contribution in [3.05, 3.63) is 0 Å². The Morgan fingerprint density at radius 1 is 1.53 bits per heavy atom. The van der Waals surface area contributed by atoms with Crippen molar-refractivity contribution in [1.29, 1.82) is 0 Å². The molecule has 0 aliphatic carbocycles. The smallest absolute Gasteiger partial charge is 0.323 e. The van der Waals surface area contributed by atoms with Crippen molar-refractivity contribution in [3.63, 3.8) is 0 Å². The van der Waals surface area contributed by atoms with Crippen LogP contribution in [0.15, 0.2) is 0 Å². The largest absolute Gasteiger partial charge is 0.480 e. The first-order valence-electron chi connectivity index (χ1n) is 7.32. The Morgan fingerprint density at radius 3 is 2.58 bits per heavy atom.